The summed E-state index contributed by atoms with van der Waals surface area (Å²) in [5.74, 6) is -3.94. The minimum Gasteiger partial charge on any atom is -0.478 e. The van der Waals surface area contributed by atoms with E-state index in [0.29, 0.717) is 10.8 Å². The molecule has 4 aromatic carbocycles. The van der Waals surface area contributed by atoms with Gasteiger partial charge >= 0.3 is 24.0 Å². The Morgan fingerprint density at radius 1 is 0.686 bits per heavy atom. The molecule has 9 heteroatoms. The molecule has 1 amide bonds. The summed E-state index contributed by atoms with van der Waals surface area (Å²) in [6.45, 7) is 1.57. The molecule has 4 aromatic rings. The van der Waals surface area contributed by atoms with Gasteiger partial charge in [0.15, 0.2) is 0 Å². The van der Waals surface area contributed by atoms with Crippen molar-refractivity contribution in [2.75, 3.05) is 11.5 Å². The lowest BCUT2D eigenvalue weighted by Gasteiger charge is -2.27. The molecule has 176 valence electrons. The molecule has 3 N–H and O–H groups in total. The zero-order valence-electron chi connectivity index (χ0n) is 18.4. The minimum atomic E-state index is -1.45. The molecule has 0 aliphatic rings. The standard InChI is InChI=1S/C26H19NO8/c1-2-35-26(34)27(21-12-11-18(23(28)29)14-7-3-5-9-16(14)21)22-17-10-6-4-8-15(17)19(24(30)31)13-20(22)25(32)33/h3-13H,2H2,1H3,(H,28,29)(H,30,31)(H,32,33). The van der Waals surface area contributed by atoms with Gasteiger partial charge in [-0.2, -0.15) is 0 Å². The summed E-state index contributed by atoms with van der Waals surface area (Å²) in [6, 6.07) is 16.4. The highest BCUT2D eigenvalue weighted by Gasteiger charge is 2.30. The van der Waals surface area contributed by atoms with E-state index in [1.54, 1.807) is 43.3 Å². The Morgan fingerprint density at radius 3 is 1.74 bits per heavy atom. The van der Waals surface area contributed by atoms with Crippen molar-refractivity contribution in [2.24, 2.45) is 0 Å². The molecule has 0 aliphatic carbocycles. The first-order valence-corrected chi connectivity index (χ1v) is 10.5. The van der Waals surface area contributed by atoms with Crippen LogP contribution in [0, 0.1) is 0 Å². The van der Waals surface area contributed by atoms with Crippen LogP contribution in [0.25, 0.3) is 21.5 Å². The van der Waals surface area contributed by atoms with Crippen molar-refractivity contribution in [1.29, 1.82) is 0 Å². The molecule has 35 heavy (non-hydrogen) atoms. The molecule has 0 spiro atoms. The predicted molar refractivity (Wildman–Crippen MR) is 128 cm³/mol. The number of hydrogen-bond donors (Lipinski definition) is 3. The number of nitrogens with zero attached hydrogens (tertiary/aromatic N) is 1. The largest absolute Gasteiger partial charge is 0.478 e. The van der Waals surface area contributed by atoms with E-state index in [1.165, 1.54) is 24.3 Å². The number of hydrogen-bond acceptors (Lipinski definition) is 5. The molecule has 0 radical (unpaired) electrons. The lowest BCUT2D eigenvalue weighted by Crippen LogP contribution is -2.29. The Kier molecular flexibility index (Phi) is 6.07. The molecular weight excluding hydrogens is 454 g/mol. The number of ether oxygens (including phenoxy) is 1. The quantitative estimate of drug-likeness (QED) is 0.339. The summed E-state index contributed by atoms with van der Waals surface area (Å²) in [6.07, 6.45) is -0.906. The van der Waals surface area contributed by atoms with Gasteiger partial charge in [0.1, 0.15) is 0 Å². The fourth-order valence-electron chi connectivity index (χ4n) is 4.10. The maximum absolute atomic E-state index is 13.3. The van der Waals surface area contributed by atoms with Crippen LogP contribution in [0.1, 0.15) is 38.0 Å². The van der Waals surface area contributed by atoms with E-state index in [2.05, 4.69) is 0 Å². The summed E-state index contributed by atoms with van der Waals surface area (Å²) in [5, 5.41) is 30.5. The highest BCUT2D eigenvalue weighted by Crippen LogP contribution is 2.41. The maximum Gasteiger partial charge on any atom is 0.418 e. The zero-order valence-corrected chi connectivity index (χ0v) is 18.4. The predicted octanol–water partition coefficient (Wildman–Crippen LogP) is 5.38. The molecule has 0 aromatic heterocycles. The van der Waals surface area contributed by atoms with Crippen LogP contribution < -0.4 is 4.90 Å². The third kappa shape index (κ3) is 3.99. The van der Waals surface area contributed by atoms with Crippen LogP contribution in [0.5, 0.6) is 0 Å². The van der Waals surface area contributed by atoms with E-state index >= 15 is 0 Å². The normalized spacial score (nSPS) is 10.8. The van der Waals surface area contributed by atoms with Gasteiger partial charge in [-0.25, -0.2) is 24.1 Å². The van der Waals surface area contributed by atoms with Crippen molar-refractivity contribution in [2.45, 2.75) is 6.92 Å². The Hall–Kier alpha value is -4.92. The van der Waals surface area contributed by atoms with E-state index in [0.717, 1.165) is 11.0 Å². The molecule has 0 aliphatic heterocycles. The topological polar surface area (TPSA) is 141 Å². The van der Waals surface area contributed by atoms with Gasteiger partial charge in [-0.05, 0) is 35.9 Å². The van der Waals surface area contributed by atoms with Crippen LogP contribution in [0.3, 0.4) is 0 Å². The van der Waals surface area contributed by atoms with Crippen molar-refractivity contribution in [1.82, 2.24) is 0 Å². The third-order valence-electron chi connectivity index (χ3n) is 5.52. The summed E-state index contributed by atoms with van der Waals surface area (Å²) in [5.41, 5.74) is -0.584. The van der Waals surface area contributed by atoms with Crippen LogP contribution >= 0.6 is 0 Å². The molecule has 0 atom stereocenters. The number of rotatable bonds is 6. The monoisotopic (exact) mass is 473 g/mol. The van der Waals surface area contributed by atoms with Gasteiger partial charge in [-0.15, -0.1) is 0 Å². The summed E-state index contributed by atoms with van der Waals surface area (Å²) in [4.78, 5) is 50.4. The first-order chi connectivity index (χ1) is 16.8. The second-order valence-corrected chi connectivity index (χ2v) is 7.49. The average molecular weight is 473 g/mol. The van der Waals surface area contributed by atoms with E-state index in [-0.39, 0.29) is 39.9 Å². The minimum absolute atomic E-state index is 0.00213. The number of aromatic carboxylic acids is 3. The number of carbonyl (C=O) groups is 4. The molecule has 9 nitrogen and oxygen atoms in total. The SMILES string of the molecule is CCOC(=O)N(c1ccc(C(=O)O)c2ccccc12)c1c(C(=O)O)cc(C(=O)O)c2ccccc12. The molecule has 0 saturated carbocycles. The van der Waals surface area contributed by atoms with Gasteiger partial charge in [0, 0.05) is 10.8 Å². The van der Waals surface area contributed by atoms with Crippen molar-refractivity contribution in [3.63, 3.8) is 0 Å². The summed E-state index contributed by atoms with van der Waals surface area (Å²) in [7, 11) is 0. The lowest BCUT2D eigenvalue weighted by molar-refractivity contribution is 0.0684. The highest BCUT2D eigenvalue weighted by molar-refractivity contribution is 6.20. The van der Waals surface area contributed by atoms with Gasteiger partial charge in [0.25, 0.3) is 0 Å². The fourth-order valence-corrected chi connectivity index (χ4v) is 4.10. The number of fused-ring (bicyclic) bond motifs is 2. The first kappa shape index (κ1) is 23.2. The van der Waals surface area contributed by atoms with Crippen LogP contribution in [0.15, 0.2) is 66.7 Å². The van der Waals surface area contributed by atoms with Crippen LogP contribution in [0.2, 0.25) is 0 Å². The third-order valence-corrected chi connectivity index (χ3v) is 5.52. The number of carboxylic acid groups (broad SMARTS) is 3. The molecular formula is C26H19NO8. The van der Waals surface area contributed by atoms with Crippen LogP contribution in [-0.4, -0.2) is 45.9 Å². The van der Waals surface area contributed by atoms with E-state index in [9.17, 15) is 34.5 Å². The van der Waals surface area contributed by atoms with Crippen molar-refractivity contribution in [3.8, 4) is 0 Å². The Balaban J connectivity index is 2.17. The van der Waals surface area contributed by atoms with Crippen molar-refractivity contribution >= 4 is 56.9 Å². The maximum atomic E-state index is 13.3. The highest BCUT2D eigenvalue weighted by atomic mass is 16.6. The van der Waals surface area contributed by atoms with Crippen molar-refractivity contribution < 1.29 is 39.2 Å². The molecule has 4 rings (SSSR count). The Morgan fingerprint density at radius 2 is 1.20 bits per heavy atom. The van der Waals surface area contributed by atoms with Gasteiger partial charge in [-0.1, -0.05) is 48.5 Å². The Bertz CT molecular complexity index is 1530. The average Bonchev–Trinajstić information content (AvgIpc) is 2.83. The number of carbonyl (C=O) groups excluding carboxylic acids is 1. The van der Waals surface area contributed by atoms with Crippen LogP contribution in [-0.2, 0) is 4.74 Å². The summed E-state index contributed by atoms with van der Waals surface area (Å²) >= 11 is 0. The molecule has 0 saturated heterocycles. The second kappa shape index (κ2) is 9.14. The smallest absolute Gasteiger partial charge is 0.418 e. The first-order valence-electron chi connectivity index (χ1n) is 10.5. The molecule has 0 fully saturated rings. The van der Waals surface area contributed by atoms with Gasteiger partial charge < -0.3 is 20.1 Å². The van der Waals surface area contributed by atoms with E-state index in [4.69, 9.17) is 4.74 Å². The van der Waals surface area contributed by atoms with Gasteiger partial charge in [-0.3, -0.25) is 0 Å². The number of amides is 1. The van der Waals surface area contributed by atoms with E-state index < -0.39 is 29.6 Å². The van der Waals surface area contributed by atoms with Crippen molar-refractivity contribution in [3.05, 3.63) is 83.4 Å². The second-order valence-electron chi connectivity index (χ2n) is 7.49. The van der Waals surface area contributed by atoms with Gasteiger partial charge in [0.2, 0.25) is 0 Å². The summed E-state index contributed by atoms with van der Waals surface area (Å²) < 4.78 is 5.26. The number of carboxylic acids is 3. The molecule has 0 unspecified atom stereocenters. The number of benzene rings is 4. The van der Waals surface area contributed by atoms with E-state index in [1.807, 2.05) is 0 Å². The van der Waals surface area contributed by atoms with Gasteiger partial charge in [0.05, 0.1) is 34.7 Å². The number of anilines is 2. The zero-order chi connectivity index (χ0) is 25.3. The lowest BCUT2D eigenvalue weighted by atomic mass is 9.96. The fraction of sp³-hybridized carbons (Fsp3) is 0.0769. The molecule has 0 bridgehead atoms. The van der Waals surface area contributed by atoms with Crippen LogP contribution in [0.4, 0.5) is 16.2 Å². The Labute approximate surface area is 198 Å². The molecule has 0 heterocycles.